The van der Waals surface area contributed by atoms with Crippen LogP contribution in [-0.2, 0) is 5.60 Å². The molecule has 0 unspecified atom stereocenters. The van der Waals surface area contributed by atoms with E-state index in [0.29, 0.717) is 0 Å². The molecule has 0 radical (unpaired) electrons. The van der Waals surface area contributed by atoms with E-state index >= 15 is 0 Å². The molecule has 0 spiro atoms. The second-order valence-corrected chi connectivity index (χ2v) is 4.60. The first-order chi connectivity index (χ1) is 6.40. The van der Waals surface area contributed by atoms with Crippen LogP contribution in [0, 0.1) is 18.8 Å². The van der Waals surface area contributed by atoms with E-state index in [-0.39, 0.29) is 11.8 Å². The third-order valence-corrected chi connectivity index (χ3v) is 3.05. The maximum atomic E-state index is 10.6. The van der Waals surface area contributed by atoms with E-state index < -0.39 is 5.60 Å². The SMILES string of the molecule is Cc1cocc1C(O)(C(C)C)C(C)C. The summed E-state index contributed by atoms with van der Waals surface area (Å²) in [5.74, 6) is 0.359. The van der Waals surface area contributed by atoms with Crippen LogP contribution in [0.1, 0.15) is 38.8 Å². The molecule has 1 aromatic heterocycles. The maximum Gasteiger partial charge on any atom is 0.0975 e. The standard InChI is InChI=1S/C12H20O2/c1-8(2)12(13,9(3)4)11-7-14-6-10(11)5/h6-9,13H,1-5H3. The molecule has 80 valence electrons. The normalized spacial score (nSPS) is 12.9. The van der Waals surface area contributed by atoms with Gasteiger partial charge in [-0.3, -0.25) is 0 Å². The molecule has 0 saturated carbocycles. The van der Waals surface area contributed by atoms with Gasteiger partial charge in [0.1, 0.15) is 0 Å². The van der Waals surface area contributed by atoms with Crippen molar-refractivity contribution in [1.29, 1.82) is 0 Å². The molecule has 0 aliphatic carbocycles. The van der Waals surface area contributed by atoms with Crippen LogP contribution < -0.4 is 0 Å². The molecule has 1 heterocycles. The Morgan fingerprint density at radius 2 is 1.64 bits per heavy atom. The average Bonchev–Trinajstić information content (AvgIpc) is 2.49. The van der Waals surface area contributed by atoms with Gasteiger partial charge >= 0.3 is 0 Å². The first-order valence-corrected chi connectivity index (χ1v) is 5.16. The second-order valence-electron chi connectivity index (χ2n) is 4.60. The van der Waals surface area contributed by atoms with Crippen molar-refractivity contribution >= 4 is 0 Å². The van der Waals surface area contributed by atoms with E-state index in [1.54, 1.807) is 12.5 Å². The molecule has 1 N–H and O–H groups in total. The summed E-state index contributed by atoms with van der Waals surface area (Å²) in [6.45, 7) is 10.1. The summed E-state index contributed by atoms with van der Waals surface area (Å²) >= 11 is 0. The van der Waals surface area contributed by atoms with Crippen molar-refractivity contribution in [2.24, 2.45) is 11.8 Å². The Kier molecular flexibility index (Phi) is 3.05. The number of hydrogen-bond donors (Lipinski definition) is 1. The van der Waals surface area contributed by atoms with Gasteiger partial charge in [0.05, 0.1) is 18.1 Å². The number of aryl methyl sites for hydroxylation is 1. The van der Waals surface area contributed by atoms with E-state index in [1.165, 1.54) is 0 Å². The predicted molar refractivity (Wildman–Crippen MR) is 57.0 cm³/mol. The van der Waals surface area contributed by atoms with Crippen LogP contribution in [0.15, 0.2) is 16.9 Å². The zero-order valence-corrected chi connectivity index (χ0v) is 9.66. The molecule has 0 amide bonds. The van der Waals surface area contributed by atoms with Crippen LogP contribution in [0.3, 0.4) is 0 Å². The quantitative estimate of drug-likeness (QED) is 0.806. The van der Waals surface area contributed by atoms with E-state index in [4.69, 9.17) is 4.42 Å². The fourth-order valence-electron chi connectivity index (χ4n) is 2.06. The molecule has 1 aromatic rings. The highest BCUT2D eigenvalue weighted by molar-refractivity contribution is 5.27. The monoisotopic (exact) mass is 196 g/mol. The van der Waals surface area contributed by atoms with Crippen LogP contribution in [-0.4, -0.2) is 5.11 Å². The lowest BCUT2D eigenvalue weighted by Crippen LogP contribution is -2.37. The van der Waals surface area contributed by atoms with Crippen molar-refractivity contribution in [2.75, 3.05) is 0 Å². The molecule has 0 aromatic carbocycles. The molecule has 14 heavy (non-hydrogen) atoms. The molecule has 0 fully saturated rings. The van der Waals surface area contributed by atoms with Crippen LogP contribution in [0.25, 0.3) is 0 Å². The molecule has 0 aliphatic rings. The molecule has 0 aliphatic heterocycles. The van der Waals surface area contributed by atoms with Gasteiger partial charge in [0.25, 0.3) is 0 Å². The summed E-state index contributed by atoms with van der Waals surface area (Å²) in [5, 5.41) is 10.6. The largest absolute Gasteiger partial charge is 0.472 e. The minimum absolute atomic E-state index is 0.179. The van der Waals surface area contributed by atoms with Crippen molar-refractivity contribution in [2.45, 2.75) is 40.2 Å². The Morgan fingerprint density at radius 3 is 1.93 bits per heavy atom. The van der Waals surface area contributed by atoms with Gasteiger partial charge in [-0.15, -0.1) is 0 Å². The first kappa shape index (κ1) is 11.3. The molecule has 0 saturated heterocycles. The van der Waals surface area contributed by atoms with Crippen molar-refractivity contribution in [3.8, 4) is 0 Å². The van der Waals surface area contributed by atoms with Crippen LogP contribution in [0.2, 0.25) is 0 Å². The Hall–Kier alpha value is -0.760. The van der Waals surface area contributed by atoms with Gasteiger partial charge in [-0.25, -0.2) is 0 Å². The van der Waals surface area contributed by atoms with Gasteiger partial charge in [0.15, 0.2) is 0 Å². The van der Waals surface area contributed by atoms with Gasteiger partial charge < -0.3 is 9.52 Å². The Balaban J connectivity index is 3.19. The number of hydrogen-bond acceptors (Lipinski definition) is 2. The van der Waals surface area contributed by atoms with Crippen molar-refractivity contribution in [3.63, 3.8) is 0 Å². The minimum atomic E-state index is -0.781. The topological polar surface area (TPSA) is 33.4 Å². The summed E-state index contributed by atoms with van der Waals surface area (Å²) in [4.78, 5) is 0. The number of aliphatic hydroxyl groups is 1. The summed E-state index contributed by atoms with van der Waals surface area (Å²) in [6, 6.07) is 0. The molecule has 2 nitrogen and oxygen atoms in total. The maximum absolute atomic E-state index is 10.6. The third-order valence-electron chi connectivity index (χ3n) is 3.05. The molecule has 2 heteroatoms. The molecule has 0 atom stereocenters. The summed E-state index contributed by atoms with van der Waals surface area (Å²) in [5.41, 5.74) is 1.16. The van der Waals surface area contributed by atoms with E-state index in [2.05, 4.69) is 0 Å². The summed E-state index contributed by atoms with van der Waals surface area (Å²) in [7, 11) is 0. The van der Waals surface area contributed by atoms with Gasteiger partial charge in [-0.2, -0.15) is 0 Å². The van der Waals surface area contributed by atoms with E-state index in [1.807, 2.05) is 34.6 Å². The van der Waals surface area contributed by atoms with E-state index in [9.17, 15) is 5.11 Å². The smallest absolute Gasteiger partial charge is 0.0975 e. The van der Waals surface area contributed by atoms with Crippen LogP contribution >= 0.6 is 0 Å². The van der Waals surface area contributed by atoms with Gasteiger partial charge in [-0.1, -0.05) is 27.7 Å². The summed E-state index contributed by atoms with van der Waals surface area (Å²) in [6.07, 6.45) is 3.35. The highest BCUT2D eigenvalue weighted by Gasteiger charge is 2.38. The molecular weight excluding hydrogens is 176 g/mol. The van der Waals surface area contributed by atoms with Crippen molar-refractivity contribution in [3.05, 3.63) is 23.7 Å². The molecule has 0 bridgehead atoms. The Morgan fingerprint density at radius 1 is 1.14 bits per heavy atom. The zero-order chi connectivity index (χ0) is 10.9. The zero-order valence-electron chi connectivity index (χ0n) is 9.66. The minimum Gasteiger partial charge on any atom is -0.472 e. The number of rotatable bonds is 3. The van der Waals surface area contributed by atoms with Gasteiger partial charge in [-0.05, 0) is 24.3 Å². The Labute approximate surface area is 85.9 Å². The van der Waals surface area contributed by atoms with Crippen LogP contribution in [0.4, 0.5) is 0 Å². The average molecular weight is 196 g/mol. The predicted octanol–water partition coefficient (Wildman–Crippen LogP) is 3.09. The van der Waals surface area contributed by atoms with Gasteiger partial charge in [0, 0.05) is 5.56 Å². The second kappa shape index (κ2) is 3.77. The third kappa shape index (κ3) is 1.59. The van der Waals surface area contributed by atoms with Crippen LogP contribution in [0.5, 0.6) is 0 Å². The Bertz CT molecular complexity index is 289. The lowest BCUT2D eigenvalue weighted by atomic mass is 9.75. The molecule has 1 rings (SSSR count). The number of furan rings is 1. The van der Waals surface area contributed by atoms with Crippen molar-refractivity contribution < 1.29 is 9.52 Å². The molecular formula is C12H20O2. The fourth-order valence-corrected chi connectivity index (χ4v) is 2.06. The lowest BCUT2D eigenvalue weighted by molar-refractivity contribution is -0.0539. The highest BCUT2D eigenvalue weighted by atomic mass is 16.3. The fraction of sp³-hybridized carbons (Fsp3) is 0.667. The van der Waals surface area contributed by atoms with Crippen molar-refractivity contribution in [1.82, 2.24) is 0 Å². The highest BCUT2D eigenvalue weighted by Crippen LogP contribution is 2.38. The lowest BCUT2D eigenvalue weighted by Gasteiger charge is -2.36. The summed E-state index contributed by atoms with van der Waals surface area (Å²) < 4.78 is 5.13. The van der Waals surface area contributed by atoms with Gasteiger partial charge in [0.2, 0.25) is 0 Å². The van der Waals surface area contributed by atoms with E-state index in [0.717, 1.165) is 11.1 Å². The first-order valence-electron chi connectivity index (χ1n) is 5.16.